The molecule has 0 fully saturated rings. The number of aryl methyl sites for hydroxylation is 1. The molecule has 0 amide bonds. The van der Waals surface area contributed by atoms with Crippen LogP contribution in [-0.4, -0.2) is 33.2 Å². The van der Waals surface area contributed by atoms with E-state index in [0.717, 1.165) is 11.3 Å². The number of aromatic nitrogens is 1. The van der Waals surface area contributed by atoms with E-state index in [1.165, 1.54) is 0 Å². The normalized spacial score (nSPS) is 12.3. The van der Waals surface area contributed by atoms with Gasteiger partial charge in [0.15, 0.2) is 8.68 Å². The maximum Gasteiger partial charge on any atom is 0.251 e. The van der Waals surface area contributed by atoms with Crippen LogP contribution in [0.5, 0.6) is 0 Å². The first kappa shape index (κ1) is 16.8. The Morgan fingerprint density at radius 1 is 1.47 bits per heavy atom. The Balaban J connectivity index is 2.38. The molecular formula is C11H19ClN2O3S2. The zero-order valence-corrected chi connectivity index (χ0v) is 13.7. The van der Waals surface area contributed by atoms with Gasteiger partial charge in [0.1, 0.15) is 0 Å². The van der Waals surface area contributed by atoms with Crippen molar-refractivity contribution in [2.24, 2.45) is 5.92 Å². The van der Waals surface area contributed by atoms with Gasteiger partial charge in [0, 0.05) is 19.8 Å². The zero-order valence-electron chi connectivity index (χ0n) is 11.3. The first-order chi connectivity index (χ1) is 8.83. The number of hydrogen-bond acceptors (Lipinski definition) is 5. The van der Waals surface area contributed by atoms with Crippen molar-refractivity contribution in [3.8, 4) is 0 Å². The third-order valence-corrected chi connectivity index (χ3v) is 5.51. The molecule has 0 aromatic carbocycles. The van der Waals surface area contributed by atoms with Crippen LogP contribution in [0.25, 0.3) is 0 Å². The molecule has 1 N–H and O–H groups in total. The van der Waals surface area contributed by atoms with Gasteiger partial charge in [-0.15, -0.1) is 0 Å². The van der Waals surface area contributed by atoms with Gasteiger partial charge in [0.25, 0.3) is 10.0 Å². The van der Waals surface area contributed by atoms with Crippen LogP contribution < -0.4 is 4.72 Å². The van der Waals surface area contributed by atoms with Gasteiger partial charge < -0.3 is 4.74 Å². The lowest BCUT2D eigenvalue weighted by Crippen LogP contribution is -2.25. The molecule has 110 valence electrons. The molecule has 0 saturated heterocycles. The average Bonchev–Trinajstić information content (AvgIpc) is 2.63. The van der Waals surface area contributed by atoms with Crippen molar-refractivity contribution in [1.29, 1.82) is 0 Å². The SMILES string of the molecule is Cc1nc(Cl)sc1S(=O)(=O)NCCCOCC(C)C. The Morgan fingerprint density at radius 3 is 2.68 bits per heavy atom. The summed E-state index contributed by atoms with van der Waals surface area (Å²) in [4.78, 5) is 3.89. The van der Waals surface area contributed by atoms with Crippen LogP contribution in [0.2, 0.25) is 4.47 Å². The van der Waals surface area contributed by atoms with Crippen LogP contribution >= 0.6 is 22.9 Å². The van der Waals surface area contributed by atoms with Crippen molar-refractivity contribution < 1.29 is 13.2 Å². The van der Waals surface area contributed by atoms with Crippen LogP contribution in [0.1, 0.15) is 26.0 Å². The minimum Gasteiger partial charge on any atom is -0.381 e. The van der Waals surface area contributed by atoms with Gasteiger partial charge in [-0.25, -0.2) is 18.1 Å². The molecule has 1 aromatic rings. The first-order valence-electron chi connectivity index (χ1n) is 6.03. The molecule has 0 unspecified atom stereocenters. The van der Waals surface area contributed by atoms with Crippen LogP contribution in [0.4, 0.5) is 0 Å². The molecule has 1 heterocycles. The van der Waals surface area contributed by atoms with E-state index in [1.54, 1.807) is 6.92 Å². The Labute approximate surface area is 123 Å². The third kappa shape index (κ3) is 5.74. The topological polar surface area (TPSA) is 68.3 Å². The number of thiazole rings is 1. The summed E-state index contributed by atoms with van der Waals surface area (Å²) in [5.74, 6) is 0.485. The van der Waals surface area contributed by atoms with E-state index in [4.69, 9.17) is 16.3 Å². The van der Waals surface area contributed by atoms with Crippen molar-refractivity contribution in [1.82, 2.24) is 9.71 Å². The second-order valence-electron chi connectivity index (χ2n) is 4.56. The number of nitrogens with zero attached hydrogens (tertiary/aromatic N) is 1. The monoisotopic (exact) mass is 326 g/mol. The average molecular weight is 327 g/mol. The summed E-state index contributed by atoms with van der Waals surface area (Å²) < 4.78 is 32.2. The van der Waals surface area contributed by atoms with E-state index in [0.29, 0.717) is 37.8 Å². The molecule has 5 nitrogen and oxygen atoms in total. The van der Waals surface area contributed by atoms with E-state index < -0.39 is 10.0 Å². The van der Waals surface area contributed by atoms with Crippen molar-refractivity contribution in [2.75, 3.05) is 19.8 Å². The highest BCUT2D eigenvalue weighted by Crippen LogP contribution is 2.26. The fourth-order valence-corrected chi connectivity index (χ4v) is 4.22. The molecule has 8 heteroatoms. The summed E-state index contributed by atoms with van der Waals surface area (Å²) in [7, 11) is -3.51. The predicted octanol–water partition coefficient (Wildman–Crippen LogP) is 2.45. The number of halogens is 1. The fraction of sp³-hybridized carbons (Fsp3) is 0.727. The van der Waals surface area contributed by atoms with Crippen molar-refractivity contribution in [3.63, 3.8) is 0 Å². The van der Waals surface area contributed by atoms with E-state index in [9.17, 15) is 8.42 Å². The summed E-state index contributed by atoms with van der Waals surface area (Å²) in [6.45, 7) is 7.34. The minimum atomic E-state index is -3.51. The number of rotatable bonds is 8. The molecule has 0 aliphatic carbocycles. The van der Waals surface area contributed by atoms with E-state index >= 15 is 0 Å². The largest absolute Gasteiger partial charge is 0.381 e. The Kier molecular flexibility index (Phi) is 6.68. The molecular weight excluding hydrogens is 308 g/mol. The number of ether oxygens (including phenoxy) is 1. The number of hydrogen-bond donors (Lipinski definition) is 1. The molecule has 0 radical (unpaired) electrons. The Morgan fingerprint density at radius 2 is 2.16 bits per heavy atom. The van der Waals surface area contributed by atoms with Crippen molar-refractivity contribution in [3.05, 3.63) is 10.2 Å². The lowest BCUT2D eigenvalue weighted by molar-refractivity contribution is 0.108. The summed E-state index contributed by atoms with van der Waals surface area (Å²) in [6.07, 6.45) is 0.636. The highest BCUT2D eigenvalue weighted by Gasteiger charge is 2.20. The van der Waals surface area contributed by atoms with Gasteiger partial charge in [-0.3, -0.25) is 0 Å². The standard InChI is InChI=1S/C11H19ClN2O3S2/c1-8(2)7-17-6-4-5-13-19(15,16)10-9(3)14-11(12)18-10/h8,13H,4-7H2,1-3H3. The number of sulfonamides is 1. The molecule has 0 bridgehead atoms. The summed E-state index contributed by atoms with van der Waals surface area (Å²) in [5, 5.41) is 0. The molecule has 19 heavy (non-hydrogen) atoms. The summed E-state index contributed by atoms with van der Waals surface area (Å²) in [5.41, 5.74) is 0.429. The van der Waals surface area contributed by atoms with Crippen molar-refractivity contribution >= 4 is 33.0 Å². The molecule has 1 aromatic heterocycles. The van der Waals surface area contributed by atoms with E-state index in [2.05, 4.69) is 23.6 Å². The Bertz CT molecular complexity index is 500. The second-order valence-corrected chi connectivity index (χ2v) is 8.10. The highest BCUT2D eigenvalue weighted by atomic mass is 35.5. The van der Waals surface area contributed by atoms with E-state index in [-0.39, 0.29) is 8.68 Å². The van der Waals surface area contributed by atoms with Gasteiger partial charge in [-0.1, -0.05) is 36.8 Å². The summed E-state index contributed by atoms with van der Waals surface area (Å²) in [6, 6.07) is 0. The predicted molar refractivity (Wildman–Crippen MR) is 77.3 cm³/mol. The van der Waals surface area contributed by atoms with Crippen LogP contribution in [-0.2, 0) is 14.8 Å². The summed E-state index contributed by atoms with van der Waals surface area (Å²) >= 11 is 6.67. The molecule has 0 aliphatic heterocycles. The van der Waals surface area contributed by atoms with E-state index in [1.807, 2.05) is 0 Å². The Hall–Kier alpha value is -0.210. The van der Waals surface area contributed by atoms with Gasteiger partial charge >= 0.3 is 0 Å². The molecule has 0 atom stereocenters. The van der Waals surface area contributed by atoms with Gasteiger partial charge in [0.2, 0.25) is 0 Å². The lowest BCUT2D eigenvalue weighted by atomic mass is 10.2. The van der Waals surface area contributed by atoms with Gasteiger partial charge in [0.05, 0.1) is 5.69 Å². The van der Waals surface area contributed by atoms with Crippen molar-refractivity contribution in [2.45, 2.75) is 31.4 Å². The highest BCUT2D eigenvalue weighted by molar-refractivity contribution is 7.91. The smallest absolute Gasteiger partial charge is 0.251 e. The minimum absolute atomic E-state index is 0.181. The molecule has 1 rings (SSSR count). The molecule has 0 spiro atoms. The first-order valence-corrected chi connectivity index (χ1v) is 8.71. The van der Waals surface area contributed by atoms with Crippen LogP contribution in [0.15, 0.2) is 4.21 Å². The molecule has 0 saturated carbocycles. The maximum atomic E-state index is 12.0. The quantitative estimate of drug-likeness (QED) is 0.745. The van der Waals surface area contributed by atoms with Crippen LogP contribution in [0.3, 0.4) is 0 Å². The number of nitrogens with one attached hydrogen (secondary N) is 1. The van der Waals surface area contributed by atoms with Gasteiger partial charge in [-0.2, -0.15) is 0 Å². The second kappa shape index (κ2) is 7.54. The zero-order chi connectivity index (χ0) is 14.5. The van der Waals surface area contributed by atoms with Gasteiger partial charge in [-0.05, 0) is 19.3 Å². The maximum absolute atomic E-state index is 12.0. The van der Waals surface area contributed by atoms with Crippen LogP contribution in [0, 0.1) is 12.8 Å². The fourth-order valence-electron chi connectivity index (χ4n) is 1.37. The third-order valence-electron chi connectivity index (χ3n) is 2.18. The molecule has 0 aliphatic rings. The lowest BCUT2D eigenvalue weighted by Gasteiger charge is -2.07.